The van der Waals surface area contributed by atoms with E-state index in [2.05, 4.69) is 32.2 Å². The summed E-state index contributed by atoms with van der Waals surface area (Å²) in [6, 6.07) is 0. The molecule has 0 radical (unpaired) electrons. The van der Waals surface area contributed by atoms with E-state index in [-0.39, 0.29) is 0 Å². The number of nitrogens with zero attached hydrogens (tertiary/aromatic N) is 3. The fourth-order valence-electron chi connectivity index (χ4n) is 2.09. The van der Waals surface area contributed by atoms with Gasteiger partial charge in [-0.1, -0.05) is 39.0 Å². The lowest BCUT2D eigenvalue weighted by Crippen LogP contribution is -2.16. The number of imidazole rings is 1. The predicted molar refractivity (Wildman–Crippen MR) is 76.8 cm³/mol. The largest absolute Gasteiger partial charge is 0.342 e. The van der Waals surface area contributed by atoms with Gasteiger partial charge in [0.05, 0.1) is 19.1 Å². The monoisotopic (exact) mass is 261 g/mol. The number of aromatic amines is 1. The van der Waals surface area contributed by atoms with Crippen LogP contribution in [0.25, 0.3) is 11.2 Å². The standard InChI is InChI=1S/C14H23N5/c1-2-3-4-5-6-7-8-15-10-13-16-9-12-14(19-13)18-11-17-12/h9,11,15H,2-8,10H2,1H3,(H,16,17,18,19). The molecule has 5 nitrogen and oxygen atoms in total. The molecule has 0 amide bonds. The van der Waals surface area contributed by atoms with Crippen molar-refractivity contribution in [2.24, 2.45) is 0 Å². The average Bonchev–Trinajstić information content (AvgIpc) is 2.89. The van der Waals surface area contributed by atoms with Crippen LogP contribution >= 0.6 is 0 Å². The van der Waals surface area contributed by atoms with Gasteiger partial charge >= 0.3 is 0 Å². The molecular formula is C14H23N5. The highest BCUT2D eigenvalue weighted by molar-refractivity contribution is 5.67. The molecule has 0 fully saturated rings. The van der Waals surface area contributed by atoms with Gasteiger partial charge in [-0.05, 0) is 13.0 Å². The van der Waals surface area contributed by atoms with Crippen molar-refractivity contribution in [1.82, 2.24) is 25.3 Å². The first kappa shape index (κ1) is 13.9. The van der Waals surface area contributed by atoms with Gasteiger partial charge in [-0.25, -0.2) is 15.0 Å². The van der Waals surface area contributed by atoms with E-state index in [1.807, 2.05) is 0 Å². The van der Waals surface area contributed by atoms with E-state index < -0.39 is 0 Å². The average molecular weight is 261 g/mol. The molecule has 0 saturated heterocycles. The third-order valence-electron chi connectivity index (χ3n) is 3.22. The Morgan fingerprint density at radius 1 is 1.11 bits per heavy atom. The lowest BCUT2D eigenvalue weighted by molar-refractivity contribution is 0.566. The minimum atomic E-state index is 0.720. The summed E-state index contributed by atoms with van der Waals surface area (Å²) in [5, 5.41) is 3.39. The maximum absolute atomic E-state index is 4.38. The molecule has 2 aromatic heterocycles. The molecular weight excluding hydrogens is 238 g/mol. The van der Waals surface area contributed by atoms with Crippen LogP contribution in [-0.2, 0) is 6.54 Å². The summed E-state index contributed by atoms with van der Waals surface area (Å²) in [7, 11) is 0. The van der Waals surface area contributed by atoms with Crippen molar-refractivity contribution in [1.29, 1.82) is 0 Å². The van der Waals surface area contributed by atoms with Crippen molar-refractivity contribution in [3.8, 4) is 0 Å². The van der Waals surface area contributed by atoms with Crippen LogP contribution in [-0.4, -0.2) is 26.5 Å². The second-order valence-corrected chi connectivity index (χ2v) is 4.87. The van der Waals surface area contributed by atoms with E-state index >= 15 is 0 Å². The van der Waals surface area contributed by atoms with Gasteiger partial charge in [0.1, 0.15) is 11.3 Å². The van der Waals surface area contributed by atoms with Crippen molar-refractivity contribution < 1.29 is 0 Å². The van der Waals surface area contributed by atoms with Crippen LogP contribution < -0.4 is 5.32 Å². The summed E-state index contributed by atoms with van der Waals surface area (Å²) in [5.74, 6) is 0.811. The van der Waals surface area contributed by atoms with Crippen LogP contribution in [0.2, 0.25) is 0 Å². The minimum absolute atomic E-state index is 0.720. The first-order chi connectivity index (χ1) is 9.40. The number of aromatic nitrogens is 4. The molecule has 5 heteroatoms. The van der Waals surface area contributed by atoms with Crippen LogP contribution in [0.4, 0.5) is 0 Å². The second-order valence-electron chi connectivity index (χ2n) is 4.87. The fourth-order valence-corrected chi connectivity index (χ4v) is 2.09. The Morgan fingerprint density at radius 2 is 1.95 bits per heavy atom. The second kappa shape index (κ2) is 7.84. The Kier molecular flexibility index (Phi) is 5.75. The molecule has 0 aromatic carbocycles. The number of rotatable bonds is 9. The molecule has 0 aliphatic rings. The number of fused-ring (bicyclic) bond motifs is 1. The van der Waals surface area contributed by atoms with Gasteiger partial charge in [0.25, 0.3) is 0 Å². The first-order valence-corrected chi connectivity index (χ1v) is 7.26. The summed E-state index contributed by atoms with van der Waals surface area (Å²) in [6.45, 7) is 4.00. The summed E-state index contributed by atoms with van der Waals surface area (Å²) < 4.78 is 0. The van der Waals surface area contributed by atoms with Crippen LogP contribution in [0.1, 0.15) is 51.3 Å². The minimum Gasteiger partial charge on any atom is -0.342 e. The van der Waals surface area contributed by atoms with Crippen LogP contribution in [0.15, 0.2) is 12.5 Å². The summed E-state index contributed by atoms with van der Waals surface area (Å²) in [4.78, 5) is 15.8. The molecule has 0 saturated carbocycles. The molecule has 19 heavy (non-hydrogen) atoms. The molecule has 0 bridgehead atoms. The summed E-state index contributed by atoms with van der Waals surface area (Å²) in [6.07, 6.45) is 11.4. The third kappa shape index (κ3) is 4.59. The quantitative estimate of drug-likeness (QED) is 0.681. The smallest absolute Gasteiger partial charge is 0.180 e. The van der Waals surface area contributed by atoms with Gasteiger partial charge in [0.2, 0.25) is 0 Å². The summed E-state index contributed by atoms with van der Waals surface area (Å²) in [5.41, 5.74) is 1.63. The number of H-pyrrole nitrogens is 1. The van der Waals surface area contributed by atoms with Gasteiger partial charge in [0.15, 0.2) is 5.65 Å². The highest BCUT2D eigenvalue weighted by atomic mass is 15.0. The number of hydrogen-bond donors (Lipinski definition) is 2. The lowest BCUT2D eigenvalue weighted by Gasteiger charge is -2.03. The summed E-state index contributed by atoms with van der Waals surface area (Å²) >= 11 is 0. The normalized spacial score (nSPS) is 11.2. The number of hydrogen-bond acceptors (Lipinski definition) is 4. The van der Waals surface area contributed by atoms with E-state index in [0.717, 1.165) is 30.1 Å². The third-order valence-corrected chi connectivity index (χ3v) is 3.22. The number of nitrogens with one attached hydrogen (secondary N) is 2. The maximum atomic E-state index is 4.38. The predicted octanol–water partition coefficient (Wildman–Crippen LogP) is 2.80. The topological polar surface area (TPSA) is 66.5 Å². The molecule has 2 aromatic rings. The molecule has 2 N–H and O–H groups in total. The van der Waals surface area contributed by atoms with E-state index in [0.29, 0.717) is 0 Å². The fraction of sp³-hybridized carbons (Fsp3) is 0.643. The Morgan fingerprint density at radius 3 is 2.84 bits per heavy atom. The van der Waals surface area contributed by atoms with Crippen molar-refractivity contribution in [3.05, 3.63) is 18.3 Å². The molecule has 2 rings (SSSR count). The van der Waals surface area contributed by atoms with Crippen molar-refractivity contribution in [2.45, 2.75) is 52.0 Å². The zero-order chi connectivity index (χ0) is 13.3. The van der Waals surface area contributed by atoms with Gasteiger partial charge < -0.3 is 10.3 Å². The Bertz CT molecular complexity index is 479. The van der Waals surface area contributed by atoms with Gasteiger partial charge in [-0.15, -0.1) is 0 Å². The zero-order valence-electron chi connectivity index (χ0n) is 11.7. The molecule has 104 valence electrons. The van der Waals surface area contributed by atoms with Crippen molar-refractivity contribution in [2.75, 3.05) is 6.54 Å². The number of unbranched alkanes of at least 4 members (excludes halogenated alkanes) is 5. The Balaban J connectivity index is 1.60. The van der Waals surface area contributed by atoms with Gasteiger partial charge in [-0.2, -0.15) is 0 Å². The van der Waals surface area contributed by atoms with Crippen LogP contribution in [0.5, 0.6) is 0 Å². The van der Waals surface area contributed by atoms with Crippen molar-refractivity contribution >= 4 is 11.2 Å². The zero-order valence-corrected chi connectivity index (χ0v) is 11.7. The van der Waals surface area contributed by atoms with Gasteiger partial charge in [0, 0.05) is 0 Å². The highest BCUT2D eigenvalue weighted by Gasteiger charge is 2.01. The molecule has 0 aliphatic heterocycles. The maximum Gasteiger partial charge on any atom is 0.180 e. The Labute approximate surface area is 114 Å². The van der Waals surface area contributed by atoms with E-state index in [9.17, 15) is 0 Å². The lowest BCUT2D eigenvalue weighted by atomic mass is 10.1. The van der Waals surface area contributed by atoms with E-state index in [1.165, 1.54) is 38.5 Å². The molecule has 0 unspecified atom stereocenters. The van der Waals surface area contributed by atoms with Crippen LogP contribution in [0.3, 0.4) is 0 Å². The first-order valence-electron chi connectivity index (χ1n) is 7.26. The molecule has 0 spiro atoms. The van der Waals surface area contributed by atoms with Gasteiger partial charge in [-0.3, -0.25) is 0 Å². The highest BCUT2D eigenvalue weighted by Crippen LogP contribution is 2.05. The molecule has 0 aliphatic carbocycles. The van der Waals surface area contributed by atoms with Crippen molar-refractivity contribution in [3.63, 3.8) is 0 Å². The van der Waals surface area contributed by atoms with Crippen LogP contribution in [0, 0.1) is 0 Å². The SMILES string of the molecule is CCCCCCCCNCc1ncc2[nH]cnc2n1. The van der Waals surface area contributed by atoms with E-state index in [4.69, 9.17) is 0 Å². The molecule has 0 atom stereocenters. The van der Waals surface area contributed by atoms with E-state index in [1.54, 1.807) is 12.5 Å². The molecule has 2 heterocycles. The Hall–Kier alpha value is -1.49.